The summed E-state index contributed by atoms with van der Waals surface area (Å²) >= 11 is 3.56. The van der Waals surface area contributed by atoms with E-state index in [1.807, 2.05) is 36.4 Å². The van der Waals surface area contributed by atoms with Gasteiger partial charge in [0.15, 0.2) is 0 Å². The van der Waals surface area contributed by atoms with Crippen LogP contribution in [0.1, 0.15) is 0 Å². The number of benzene rings is 2. The van der Waals surface area contributed by atoms with Gasteiger partial charge < -0.3 is 10.2 Å². The molecule has 136 valence electrons. The number of aromatic hydroxyl groups is 2. The molecule has 0 atom stereocenters. The van der Waals surface area contributed by atoms with Crippen molar-refractivity contribution in [3.63, 3.8) is 0 Å². The van der Waals surface area contributed by atoms with Gasteiger partial charge in [-0.1, -0.05) is 36.4 Å². The van der Waals surface area contributed by atoms with Crippen LogP contribution in [0.4, 0.5) is 0 Å². The van der Waals surface area contributed by atoms with Gasteiger partial charge in [0.25, 0.3) is 0 Å². The van der Waals surface area contributed by atoms with Gasteiger partial charge in [-0.2, -0.15) is 0 Å². The van der Waals surface area contributed by atoms with E-state index in [9.17, 15) is 10.2 Å². The van der Waals surface area contributed by atoms with Gasteiger partial charge in [0.05, 0.1) is 0 Å². The molecule has 2 heterocycles. The van der Waals surface area contributed by atoms with Crippen LogP contribution >= 0.6 is 0 Å². The predicted octanol–water partition coefficient (Wildman–Crippen LogP) is 2.62. The fourth-order valence-electron chi connectivity index (χ4n) is 2.18. The van der Waals surface area contributed by atoms with Gasteiger partial charge in [0.1, 0.15) is 22.5 Å². The molecule has 6 N–H and O–H groups in total. The molecule has 0 spiro atoms. The first-order valence-corrected chi connectivity index (χ1v) is 8.27. The number of pyridine rings is 2. The summed E-state index contributed by atoms with van der Waals surface area (Å²) in [5.41, 5.74) is 10.8. The van der Waals surface area contributed by atoms with Gasteiger partial charge in [-0.05, 0) is 24.3 Å². The Morgan fingerprint density at radius 2 is 1.04 bits per heavy atom. The van der Waals surface area contributed by atoms with E-state index in [1.54, 1.807) is 36.7 Å². The summed E-state index contributed by atoms with van der Waals surface area (Å²) in [6, 6.07) is 18.3. The van der Waals surface area contributed by atoms with Crippen LogP contribution in [0.3, 0.4) is 0 Å². The quantitative estimate of drug-likeness (QED) is 0.341. The number of nitrogens with two attached hydrogens (primary N) is 2. The molecular formula is C19H19CoN4O2. The normalized spacial score (nSPS) is 10.0. The van der Waals surface area contributed by atoms with Crippen molar-refractivity contribution in [2.45, 2.75) is 5.10 Å². The Morgan fingerprint density at radius 1 is 0.692 bits per heavy atom. The maximum Gasteiger partial charge on any atom is 0.141 e. The average molecular weight is 394 g/mol. The van der Waals surface area contributed by atoms with E-state index in [0.29, 0.717) is 11.0 Å². The van der Waals surface area contributed by atoms with Gasteiger partial charge in [-0.15, -0.1) is 0 Å². The fourth-order valence-corrected chi connectivity index (χ4v) is 2.18. The molecule has 0 amide bonds. The average Bonchev–Trinajstić information content (AvgIpc) is 2.63. The third kappa shape index (κ3) is 5.68. The fraction of sp³-hybridized carbons (Fsp3) is 0.0526. The van der Waals surface area contributed by atoms with Gasteiger partial charge in [-0.3, -0.25) is 9.97 Å². The maximum atomic E-state index is 9.31. The Hall–Kier alpha value is -2.71. The van der Waals surface area contributed by atoms with Crippen molar-refractivity contribution in [2.75, 3.05) is 0 Å². The minimum atomic E-state index is -0.479. The maximum absolute atomic E-state index is 9.31. The van der Waals surface area contributed by atoms with Crippen molar-refractivity contribution < 1.29 is 26.0 Å². The van der Waals surface area contributed by atoms with E-state index in [2.05, 4.69) is 25.7 Å². The first kappa shape index (κ1) is 19.6. The monoisotopic (exact) mass is 394 g/mol. The zero-order valence-electron chi connectivity index (χ0n) is 13.8. The summed E-state index contributed by atoms with van der Waals surface area (Å²) in [5.74, 6) is 0.478. The van der Waals surface area contributed by atoms with Crippen LogP contribution in [-0.4, -0.2) is 25.3 Å². The Balaban J connectivity index is 0.000000156. The van der Waals surface area contributed by atoms with Gasteiger partial charge in [-0.25, -0.2) is 0 Å². The Morgan fingerprint density at radius 3 is 1.38 bits per heavy atom. The third-order valence-electron chi connectivity index (χ3n) is 3.22. The molecule has 0 aliphatic carbocycles. The van der Waals surface area contributed by atoms with Crippen LogP contribution in [0.25, 0.3) is 21.8 Å². The molecular weight excluding hydrogens is 375 g/mol. The van der Waals surface area contributed by atoms with E-state index < -0.39 is 5.10 Å². The largest absolute Gasteiger partial charge is 0.506 e. The number of fused-ring (bicyclic) bond motifs is 2. The summed E-state index contributed by atoms with van der Waals surface area (Å²) in [5, 5.41) is 20.1. The van der Waals surface area contributed by atoms with Crippen LogP contribution in [0.2, 0.25) is 0 Å². The van der Waals surface area contributed by atoms with E-state index in [-0.39, 0.29) is 11.5 Å². The molecule has 0 unspecified atom stereocenters. The molecule has 2 aromatic heterocycles. The zero-order chi connectivity index (χ0) is 18.9. The van der Waals surface area contributed by atoms with Gasteiger partial charge in [0.2, 0.25) is 0 Å². The van der Waals surface area contributed by atoms with Crippen LogP contribution in [0.5, 0.6) is 11.5 Å². The van der Waals surface area contributed by atoms with E-state index in [0.717, 1.165) is 10.8 Å². The van der Waals surface area contributed by atoms with Crippen LogP contribution in [0.15, 0.2) is 73.1 Å². The minimum Gasteiger partial charge on any atom is -0.506 e. The van der Waals surface area contributed by atoms with Crippen molar-refractivity contribution in [1.29, 1.82) is 0 Å². The summed E-state index contributed by atoms with van der Waals surface area (Å²) in [6.45, 7) is 0. The standard InChI is InChI=1S/2C9H7NO.CH5N2.Co/c2*11-8-5-1-3-7-4-2-6-10-9(7)8;2-1-3;/h2*1-6,11H;1H,2-3H2;. The number of phenols is 2. The van der Waals surface area contributed by atoms with E-state index >= 15 is 0 Å². The first-order chi connectivity index (χ1) is 12.5. The SMILES string of the molecule is N[CH](N)[Co].Oc1cccc2cccnc12.Oc1cccc2cccnc12. The topological polar surface area (TPSA) is 118 Å². The summed E-state index contributed by atoms with van der Waals surface area (Å²) in [6.07, 6.45) is 3.34. The molecule has 0 aliphatic heterocycles. The van der Waals surface area contributed by atoms with Gasteiger partial charge >= 0.3 is 32.3 Å². The molecule has 0 saturated carbocycles. The number of para-hydroxylation sites is 2. The molecule has 0 radical (unpaired) electrons. The third-order valence-corrected chi connectivity index (χ3v) is 3.22. The molecule has 6 nitrogen and oxygen atoms in total. The molecule has 7 heteroatoms. The molecule has 4 rings (SSSR count). The summed E-state index contributed by atoms with van der Waals surface area (Å²) in [4.78, 5) is 8.06. The van der Waals surface area contributed by atoms with Crippen molar-refractivity contribution >= 4 is 21.8 Å². The molecule has 0 aliphatic rings. The number of nitrogens with zero attached hydrogens (tertiary/aromatic N) is 2. The second-order valence-electron chi connectivity index (χ2n) is 5.12. The molecule has 0 fully saturated rings. The number of phenolic OH excluding ortho intramolecular Hbond substituents is 2. The van der Waals surface area contributed by atoms with Gasteiger partial charge in [0, 0.05) is 23.2 Å². The first-order valence-electron chi connectivity index (χ1n) is 7.67. The van der Waals surface area contributed by atoms with Crippen molar-refractivity contribution in [3.05, 3.63) is 73.1 Å². The molecule has 26 heavy (non-hydrogen) atoms. The minimum absolute atomic E-state index is 0.239. The number of hydrogen-bond donors (Lipinski definition) is 4. The molecule has 2 aromatic carbocycles. The molecule has 4 aromatic rings. The zero-order valence-corrected chi connectivity index (χ0v) is 14.8. The Kier molecular flexibility index (Phi) is 7.31. The molecule has 0 bridgehead atoms. The van der Waals surface area contributed by atoms with E-state index in [1.165, 1.54) is 0 Å². The number of aromatic nitrogens is 2. The summed E-state index contributed by atoms with van der Waals surface area (Å²) in [7, 11) is 0. The Bertz CT molecular complexity index is 889. The van der Waals surface area contributed by atoms with Crippen molar-refractivity contribution in [1.82, 2.24) is 9.97 Å². The second kappa shape index (κ2) is 9.69. The van der Waals surface area contributed by atoms with Crippen molar-refractivity contribution in [3.8, 4) is 11.5 Å². The number of hydrogen-bond acceptors (Lipinski definition) is 6. The Labute approximate surface area is 159 Å². The van der Waals surface area contributed by atoms with E-state index in [4.69, 9.17) is 11.5 Å². The predicted molar refractivity (Wildman–Crippen MR) is 99.0 cm³/mol. The number of rotatable bonds is 0. The van der Waals surface area contributed by atoms with Crippen LogP contribution in [-0.2, 0) is 15.7 Å². The second-order valence-corrected chi connectivity index (χ2v) is 5.81. The molecule has 0 saturated heterocycles. The van der Waals surface area contributed by atoms with Crippen LogP contribution in [0, 0.1) is 0 Å². The van der Waals surface area contributed by atoms with Crippen molar-refractivity contribution in [2.24, 2.45) is 11.5 Å². The smallest absolute Gasteiger partial charge is 0.141 e. The summed E-state index contributed by atoms with van der Waals surface area (Å²) < 4.78 is 0. The van der Waals surface area contributed by atoms with Crippen LogP contribution < -0.4 is 11.5 Å².